The van der Waals surface area contributed by atoms with Crippen LogP contribution in [0.3, 0.4) is 0 Å². The van der Waals surface area contributed by atoms with Crippen LogP contribution in [-0.2, 0) is 0 Å². The van der Waals surface area contributed by atoms with Gasteiger partial charge in [-0.15, -0.1) is 0 Å². The summed E-state index contributed by atoms with van der Waals surface area (Å²) in [5.41, 5.74) is 6.37. The van der Waals surface area contributed by atoms with E-state index >= 15 is 0 Å². The first-order valence-corrected chi connectivity index (χ1v) is 6.55. The molecule has 0 amide bonds. The second-order valence-electron chi connectivity index (χ2n) is 5.26. The van der Waals surface area contributed by atoms with E-state index in [1.54, 1.807) is 0 Å². The van der Waals surface area contributed by atoms with E-state index in [0.717, 1.165) is 31.5 Å². The minimum atomic E-state index is 0.288. The highest BCUT2D eigenvalue weighted by molar-refractivity contribution is 4.98. The molecule has 0 bridgehead atoms. The van der Waals surface area contributed by atoms with Crippen molar-refractivity contribution in [3.8, 4) is 0 Å². The molecule has 3 atom stereocenters. The summed E-state index contributed by atoms with van der Waals surface area (Å²) < 4.78 is 0. The molecule has 2 heteroatoms. The van der Waals surface area contributed by atoms with E-state index < -0.39 is 0 Å². The van der Waals surface area contributed by atoms with Crippen molar-refractivity contribution in [1.82, 2.24) is 4.90 Å². The fourth-order valence-electron chi connectivity index (χ4n) is 3.44. The molecule has 0 saturated heterocycles. The molecular weight excluding hydrogens is 184 g/mol. The standard InChI is InChI=1S/C13H28N2/c1-5-15(6-2)13(10-14)8-7-11(3)9-12(13)4/h11-12H,5-10,14H2,1-4H3. The van der Waals surface area contributed by atoms with Crippen LogP contribution in [0.25, 0.3) is 0 Å². The van der Waals surface area contributed by atoms with Crippen molar-refractivity contribution in [2.45, 2.75) is 52.5 Å². The molecule has 1 fully saturated rings. The SMILES string of the molecule is CCN(CC)C1(CN)CCC(C)CC1C. The Kier molecular flexibility index (Phi) is 4.60. The van der Waals surface area contributed by atoms with Crippen LogP contribution in [0.5, 0.6) is 0 Å². The molecule has 1 rings (SSSR count). The van der Waals surface area contributed by atoms with Crippen molar-refractivity contribution in [2.24, 2.45) is 17.6 Å². The Balaban J connectivity index is 2.82. The molecule has 0 aromatic rings. The van der Waals surface area contributed by atoms with E-state index in [-0.39, 0.29) is 5.54 Å². The van der Waals surface area contributed by atoms with Gasteiger partial charge >= 0.3 is 0 Å². The van der Waals surface area contributed by atoms with Gasteiger partial charge < -0.3 is 5.73 Å². The Morgan fingerprint density at radius 1 is 1.27 bits per heavy atom. The van der Waals surface area contributed by atoms with Gasteiger partial charge in [-0.3, -0.25) is 4.90 Å². The second kappa shape index (κ2) is 5.31. The first-order valence-electron chi connectivity index (χ1n) is 6.55. The van der Waals surface area contributed by atoms with Gasteiger partial charge in [0.2, 0.25) is 0 Å². The molecule has 15 heavy (non-hydrogen) atoms. The predicted octanol–water partition coefficient (Wildman–Crippen LogP) is 2.48. The van der Waals surface area contributed by atoms with Crippen molar-refractivity contribution in [2.75, 3.05) is 19.6 Å². The topological polar surface area (TPSA) is 29.3 Å². The van der Waals surface area contributed by atoms with E-state index in [1.807, 2.05) is 0 Å². The highest BCUT2D eigenvalue weighted by Gasteiger charge is 2.42. The number of nitrogens with two attached hydrogens (primary N) is 1. The Hall–Kier alpha value is -0.0800. The summed E-state index contributed by atoms with van der Waals surface area (Å²) in [4.78, 5) is 2.59. The molecule has 2 N–H and O–H groups in total. The lowest BCUT2D eigenvalue weighted by Crippen LogP contribution is -2.59. The largest absolute Gasteiger partial charge is 0.329 e. The van der Waals surface area contributed by atoms with Crippen molar-refractivity contribution < 1.29 is 0 Å². The second-order valence-corrected chi connectivity index (χ2v) is 5.26. The molecule has 0 spiro atoms. The van der Waals surface area contributed by atoms with Gasteiger partial charge in [-0.25, -0.2) is 0 Å². The van der Waals surface area contributed by atoms with Gasteiger partial charge in [-0.2, -0.15) is 0 Å². The van der Waals surface area contributed by atoms with Crippen LogP contribution in [0, 0.1) is 11.8 Å². The summed E-state index contributed by atoms with van der Waals surface area (Å²) in [6.45, 7) is 12.4. The lowest BCUT2D eigenvalue weighted by molar-refractivity contribution is 0.00673. The van der Waals surface area contributed by atoms with E-state index in [2.05, 4.69) is 32.6 Å². The Bertz CT molecular complexity index is 189. The zero-order chi connectivity index (χ0) is 11.5. The third-order valence-electron chi connectivity index (χ3n) is 4.49. The van der Waals surface area contributed by atoms with Crippen LogP contribution in [-0.4, -0.2) is 30.1 Å². The molecule has 3 unspecified atom stereocenters. The number of nitrogens with zero attached hydrogens (tertiary/aromatic N) is 1. The number of rotatable bonds is 4. The molecule has 2 nitrogen and oxygen atoms in total. The quantitative estimate of drug-likeness (QED) is 0.776. The molecule has 0 radical (unpaired) electrons. The maximum atomic E-state index is 6.08. The third-order valence-corrected chi connectivity index (χ3v) is 4.49. The molecular formula is C13H28N2. The zero-order valence-corrected chi connectivity index (χ0v) is 10.9. The molecule has 1 aliphatic rings. The van der Waals surface area contributed by atoms with Crippen molar-refractivity contribution in [3.05, 3.63) is 0 Å². The molecule has 90 valence electrons. The summed E-state index contributed by atoms with van der Waals surface area (Å²) in [5, 5.41) is 0. The van der Waals surface area contributed by atoms with Crippen molar-refractivity contribution in [1.29, 1.82) is 0 Å². The summed E-state index contributed by atoms with van der Waals surface area (Å²) in [6, 6.07) is 0. The molecule has 1 aliphatic carbocycles. The maximum Gasteiger partial charge on any atom is 0.0357 e. The van der Waals surface area contributed by atoms with Gasteiger partial charge in [0.15, 0.2) is 0 Å². The summed E-state index contributed by atoms with van der Waals surface area (Å²) >= 11 is 0. The minimum Gasteiger partial charge on any atom is -0.329 e. The summed E-state index contributed by atoms with van der Waals surface area (Å²) in [6.07, 6.45) is 3.97. The first-order chi connectivity index (χ1) is 7.10. The van der Waals surface area contributed by atoms with Crippen LogP contribution in [0.4, 0.5) is 0 Å². The van der Waals surface area contributed by atoms with E-state index in [0.29, 0.717) is 0 Å². The molecule has 0 aromatic heterocycles. The number of hydrogen-bond donors (Lipinski definition) is 1. The first kappa shape index (κ1) is 13.0. The maximum absolute atomic E-state index is 6.08. The smallest absolute Gasteiger partial charge is 0.0357 e. The molecule has 0 heterocycles. The van der Waals surface area contributed by atoms with Gasteiger partial charge in [0.25, 0.3) is 0 Å². The van der Waals surface area contributed by atoms with Gasteiger partial charge in [-0.05, 0) is 44.2 Å². The van der Waals surface area contributed by atoms with Crippen LogP contribution in [0.2, 0.25) is 0 Å². The van der Waals surface area contributed by atoms with Crippen LogP contribution < -0.4 is 5.73 Å². The van der Waals surface area contributed by atoms with Gasteiger partial charge in [0.05, 0.1) is 0 Å². The monoisotopic (exact) mass is 212 g/mol. The van der Waals surface area contributed by atoms with Crippen LogP contribution in [0.15, 0.2) is 0 Å². The van der Waals surface area contributed by atoms with Crippen LogP contribution in [0.1, 0.15) is 47.0 Å². The Morgan fingerprint density at radius 3 is 2.27 bits per heavy atom. The fourth-order valence-corrected chi connectivity index (χ4v) is 3.44. The fraction of sp³-hybridized carbons (Fsp3) is 1.00. The van der Waals surface area contributed by atoms with Gasteiger partial charge in [0.1, 0.15) is 0 Å². The summed E-state index contributed by atoms with van der Waals surface area (Å²) in [5.74, 6) is 1.63. The Labute approximate surface area is 95.2 Å². The highest BCUT2D eigenvalue weighted by Crippen LogP contribution is 2.40. The van der Waals surface area contributed by atoms with Crippen molar-refractivity contribution >= 4 is 0 Å². The molecule has 1 saturated carbocycles. The zero-order valence-electron chi connectivity index (χ0n) is 10.9. The molecule has 0 aliphatic heterocycles. The normalized spacial score (nSPS) is 37.2. The van der Waals surface area contributed by atoms with Gasteiger partial charge in [0, 0.05) is 12.1 Å². The average Bonchev–Trinajstić information content (AvgIpc) is 2.23. The number of likely N-dealkylation sites (N-methyl/N-ethyl adjacent to an activating group) is 1. The summed E-state index contributed by atoms with van der Waals surface area (Å²) in [7, 11) is 0. The van der Waals surface area contributed by atoms with E-state index in [9.17, 15) is 0 Å². The van der Waals surface area contributed by atoms with E-state index in [1.165, 1.54) is 19.3 Å². The minimum absolute atomic E-state index is 0.288. The lowest BCUT2D eigenvalue weighted by atomic mass is 9.69. The lowest BCUT2D eigenvalue weighted by Gasteiger charge is -2.51. The van der Waals surface area contributed by atoms with E-state index in [4.69, 9.17) is 5.73 Å². The predicted molar refractivity (Wildman–Crippen MR) is 66.9 cm³/mol. The van der Waals surface area contributed by atoms with Gasteiger partial charge in [-0.1, -0.05) is 27.7 Å². The van der Waals surface area contributed by atoms with Crippen LogP contribution >= 0.6 is 0 Å². The highest BCUT2D eigenvalue weighted by atomic mass is 15.2. The molecule has 0 aromatic carbocycles. The third kappa shape index (κ3) is 2.36. The number of hydrogen-bond acceptors (Lipinski definition) is 2. The Morgan fingerprint density at radius 2 is 1.87 bits per heavy atom. The average molecular weight is 212 g/mol. The van der Waals surface area contributed by atoms with Crippen molar-refractivity contribution in [3.63, 3.8) is 0 Å².